The number of rotatable bonds is 5. The van der Waals surface area contributed by atoms with Crippen LogP contribution in [-0.4, -0.2) is 6.88 Å². The topological polar surface area (TPSA) is 0 Å². The molecule has 0 aliphatic heterocycles. The van der Waals surface area contributed by atoms with Crippen LogP contribution in [0.3, 0.4) is 0 Å². The fourth-order valence-corrected chi connectivity index (χ4v) is 28.2. The zero-order valence-electron chi connectivity index (χ0n) is 23.4. The minimum atomic E-state index is -3.41. The quantitative estimate of drug-likeness (QED) is 0.168. The summed E-state index contributed by atoms with van der Waals surface area (Å²) in [7, 11) is 0. The normalized spacial score (nSPS) is 18.7. The van der Waals surface area contributed by atoms with Crippen molar-refractivity contribution < 1.29 is 18.9 Å². The van der Waals surface area contributed by atoms with Crippen LogP contribution in [0.5, 0.6) is 0 Å². The van der Waals surface area contributed by atoms with E-state index in [9.17, 15) is 0 Å². The van der Waals surface area contributed by atoms with E-state index in [0.717, 1.165) is 5.02 Å². The van der Waals surface area contributed by atoms with Crippen LogP contribution in [0.25, 0.3) is 34.4 Å². The molecule has 0 radical (unpaired) electrons. The predicted molar refractivity (Wildman–Crippen MR) is 176 cm³/mol. The van der Waals surface area contributed by atoms with Crippen LogP contribution in [-0.2, 0) is 18.9 Å². The van der Waals surface area contributed by atoms with Crippen molar-refractivity contribution in [3.8, 4) is 22.3 Å². The predicted octanol–water partition coefficient (Wildman–Crippen LogP) is 9.32. The van der Waals surface area contributed by atoms with Gasteiger partial charge in [0.1, 0.15) is 0 Å². The SMILES string of the molecule is CC1=Cc2c(-c3ccccc3)cccc2[CH]1[Zr](=[SiH2])([c]1ccc(Cl)cc1)[CH]1C(C)=Cc2c(-c3ccccc3)cccc21. The van der Waals surface area contributed by atoms with E-state index in [1.165, 1.54) is 58.9 Å². The van der Waals surface area contributed by atoms with E-state index in [2.05, 4.69) is 154 Å². The third kappa shape index (κ3) is 4.43. The zero-order chi connectivity index (χ0) is 28.1. The van der Waals surface area contributed by atoms with E-state index in [1.807, 2.05) is 0 Å². The van der Waals surface area contributed by atoms with Crippen molar-refractivity contribution >= 4 is 33.9 Å². The van der Waals surface area contributed by atoms with Crippen LogP contribution in [0.2, 0.25) is 5.02 Å². The van der Waals surface area contributed by atoms with Crippen molar-refractivity contribution in [1.29, 1.82) is 0 Å². The molecular formula is C38H32ClSiZr. The maximum atomic E-state index is 6.48. The van der Waals surface area contributed by atoms with E-state index in [0.29, 0.717) is 7.25 Å². The Morgan fingerprint density at radius 2 is 0.976 bits per heavy atom. The summed E-state index contributed by atoms with van der Waals surface area (Å²) in [4.78, 5) is 0. The molecule has 0 spiro atoms. The van der Waals surface area contributed by atoms with Crippen LogP contribution >= 0.6 is 11.6 Å². The Labute approximate surface area is 254 Å². The Hall–Kier alpha value is -3.03. The molecule has 0 heterocycles. The standard InChI is InChI=1S/2C16H13.C6H4Cl.H2Si.Zr/c2*1-12-10-14-8-5-9-15(16(14)11-12)13-6-3-2-4-7-13;7-6-4-2-1-3-5-6;;/h2*2-11H,1H3;2-5H;1H2;. The molecule has 2 atom stereocenters. The van der Waals surface area contributed by atoms with Gasteiger partial charge in [-0.15, -0.1) is 0 Å². The van der Waals surface area contributed by atoms with Gasteiger partial charge in [0.05, 0.1) is 0 Å². The Kier molecular flexibility index (Phi) is 6.98. The van der Waals surface area contributed by atoms with Gasteiger partial charge < -0.3 is 0 Å². The molecule has 0 bridgehead atoms. The number of benzene rings is 5. The van der Waals surface area contributed by atoms with Crippen molar-refractivity contribution in [2.24, 2.45) is 0 Å². The fraction of sp³-hybridized carbons (Fsp3) is 0.105. The molecule has 0 amide bonds. The van der Waals surface area contributed by atoms with E-state index in [-0.39, 0.29) is 0 Å². The average Bonchev–Trinajstić information content (AvgIpc) is 3.53. The summed E-state index contributed by atoms with van der Waals surface area (Å²) >= 11 is 3.07. The number of hydrogen-bond donors (Lipinski definition) is 0. The summed E-state index contributed by atoms with van der Waals surface area (Å²) in [5, 5.41) is 0.807. The first-order valence-electron chi connectivity index (χ1n) is 14.3. The second kappa shape index (κ2) is 10.7. The van der Waals surface area contributed by atoms with Gasteiger partial charge >= 0.3 is 256 Å². The molecule has 3 heteroatoms. The molecule has 5 aromatic rings. The first-order chi connectivity index (χ1) is 20.0. The number of fused-ring (bicyclic) bond motifs is 2. The summed E-state index contributed by atoms with van der Waals surface area (Å²) in [6, 6.07) is 44.6. The van der Waals surface area contributed by atoms with Crippen molar-refractivity contribution in [1.82, 2.24) is 0 Å². The molecule has 2 unspecified atom stereocenters. The molecule has 41 heavy (non-hydrogen) atoms. The Balaban J connectivity index is 1.46. The monoisotopic (exact) mass is 641 g/mol. The molecule has 199 valence electrons. The van der Waals surface area contributed by atoms with E-state index in [4.69, 9.17) is 11.6 Å². The second-order valence-electron chi connectivity index (χ2n) is 11.5. The summed E-state index contributed by atoms with van der Waals surface area (Å²) in [6.07, 6.45) is 4.99. The summed E-state index contributed by atoms with van der Waals surface area (Å²) < 4.78 is 2.40. The van der Waals surface area contributed by atoms with Gasteiger partial charge in [-0.05, 0) is 0 Å². The van der Waals surface area contributed by atoms with Gasteiger partial charge in [-0.2, -0.15) is 0 Å². The van der Waals surface area contributed by atoms with E-state index >= 15 is 0 Å². The number of hydrogen-bond acceptors (Lipinski definition) is 0. The van der Waals surface area contributed by atoms with Gasteiger partial charge in [0, 0.05) is 0 Å². The van der Waals surface area contributed by atoms with Gasteiger partial charge in [-0.1, -0.05) is 0 Å². The molecule has 0 saturated carbocycles. The zero-order valence-corrected chi connectivity index (χ0v) is 28.1. The number of halogens is 1. The van der Waals surface area contributed by atoms with Crippen LogP contribution in [0.1, 0.15) is 43.4 Å². The first-order valence-corrected chi connectivity index (χ1v) is 24.7. The molecule has 0 nitrogen and oxygen atoms in total. The van der Waals surface area contributed by atoms with Gasteiger partial charge in [0.15, 0.2) is 0 Å². The van der Waals surface area contributed by atoms with Gasteiger partial charge in [0.25, 0.3) is 0 Å². The second-order valence-corrected chi connectivity index (χ2v) is 28.3. The Morgan fingerprint density at radius 1 is 0.537 bits per heavy atom. The van der Waals surface area contributed by atoms with Crippen molar-refractivity contribution in [2.45, 2.75) is 21.1 Å². The first kappa shape index (κ1) is 26.8. The average molecular weight is 643 g/mol. The fourth-order valence-electron chi connectivity index (χ4n) is 7.47. The van der Waals surface area contributed by atoms with E-state index in [1.54, 1.807) is 0 Å². The third-order valence-electron chi connectivity index (χ3n) is 9.14. The summed E-state index contributed by atoms with van der Waals surface area (Å²) in [5.74, 6) is 0. The molecule has 0 saturated heterocycles. The minimum absolute atomic E-state index is 0.433. The summed E-state index contributed by atoms with van der Waals surface area (Å²) in [5.41, 5.74) is 14.1. The Morgan fingerprint density at radius 3 is 1.41 bits per heavy atom. The molecule has 5 aromatic carbocycles. The molecule has 2 aliphatic carbocycles. The van der Waals surface area contributed by atoms with Crippen LogP contribution < -0.4 is 3.27 Å². The molecule has 0 aromatic heterocycles. The van der Waals surface area contributed by atoms with Gasteiger partial charge in [0.2, 0.25) is 0 Å². The summed E-state index contributed by atoms with van der Waals surface area (Å²) in [6.45, 7) is 7.15. The molecule has 7 rings (SSSR count). The van der Waals surface area contributed by atoms with Crippen LogP contribution in [0.4, 0.5) is 0 Å². The number of allylic oxidation sites excluding steroid dienone is 2. The van der Waals surface area contributed by atoms with Crippen LogP contribution in [0.15, 0.2) is 132 Å². The molecule has 0 N–H and O–H groups in total. The van der Waals surface area contributed by atoms with Crippen molar-refractivity contribution in [3.63, 3.8) is 0 Å². The van der Waals surface area contributed by atoms with Gasteiger partial charge in [-0.3, -0.25) is 0 Å². The molecule has 2 aliphatic rings. The third-order valence-corrected chi connectivity index (χ3v) is 28.9. The maximum absolute atomic E-state index is 6.48. The van der Waals surface area contributed by atoms with E-state index < -0.39 is 18.9 Å². The van der Waals surface area contributed by atoms with Gasteiger partial charge in [-0.25, -0.2) is 0 Å². The molecule has 0 fully saturated rings. The Bertz CT molecular complexity index is 1770. The van der Waals surface area contributed by atoms with Crippen molar-refractivity contribution in [2.75, 3.05) is 0 Å². The van der Waals surface area contributed by atoms with Crippen molar-refractivity contribution in [3.05, 3.63) is 160 Å². The molecular weight excluding hydrogens is 611 g/mol. The van der Waals surface area contributed by atoms with Crippen LogP contribution in [0, 0.1) is 0 Å².